The lowest BCUT2D eigenvalue weighted by Crippen LogP contribution is -2.33. The molecule has 0 fully saturated rings. The van der Waals surface area contributed by atoms with Crippen LogP contribution < -0.4 is 11.1 Å². The van der Waals surface area contributed by atoms with Crippen LogP contribution in [-0.2, 0) is 6.42 Å². The largest absolute Gasteiger partial charge is 0.370 e. The van der Waals surface area contributed by atoms with E-state index in [1.165, 1.54) is 12.1 Å². The highest BCUT2D eigenvalue weighted by atomic mass is 19.1. The summed E-state index contributed by atoms with van der Waals surface area (Å²) in [4.78, 5) is 4.10. The van der Waals surface area contributed by atoms with Gasteiger partial charge in [0.1, 0.15) is 5.82 Å². The normalized spacial score (nSPS) is 11.5. The van der Waals surface area contributed by atoms with Gasteiger partial charge in [0.25, 0.3) is 0 Å². The minimum atomic E-state index is -0.204. The van der Waals surface area contributed by atoms with E-state index >= 15 is 0 Å². The van der Waals surface area contributed by atoms with E-state index in [2.05, 4.69) is 10.3 Å². The lowest BCUT2D eigenvalue weighted by atomic mass is 10.1. The van der Waals surface area contributed by atoms with Gasteiger partial charge in [0.15, 0.2) is 5.96 Å². The zero-order valence-electron chi connectivity index (χ0n) is 9.54. The van der Waals surface area contributed by atoms with Crippen molar-refractivity contribution in [3.8, 4) is 0 Å². The van der Waals surface area contributed by atoms with Gasteiger partial charge >= 0.3 is 0 Å². The highest BCUT2D eigenvalue weighted by molar-refractivity contribution is 5.77. The third-order valence-corrected chi connectivity index (χ3v) is 2.11. The van der Waals surface area contributed by atoms with Crippen molar-refractivity contribution in [3.63, 3.8) is 0 Å². The van der Waals surface area contributed by atoms with Crippen LogP contribution in [0.25, 0.3) is 0 Å². The van der Waals surface area contributed by atoms with Gasteiger partial charge in [-0.3, -0.25) is 4.99 Å². The molecule has 1 aromatic carbocycles. The number of nitrogens with two attached hydrogens (primary N) is 1. The first-order valence-electron chi connectivity index (χ1n) is 5.50. The monoisotopic (exact) mass is 223 g/mol. The first-order valence-corrected chi connectivity index (χ1v) is 5.50. The SMILES string of the molecule is CCCN=C(N)NCCc1cccc(F)c1. The molecule has 0 aliphatic carbocycles. The molecule has 0 aromatic heterocycles. The van der Waals surface area contributed by atoms with Crippen LogP contribution in [0.5, 0.6) is 0 Å². The van der Waals surface area contributed by atoms with E-state index in [0.717, 1.165) is 24.9 Å². The zero-order valence-corrected chi connectivity index (χ0v) is 9.54. The highest BCUT2D eigenvalue weighted by Crippen LogP contribution is 2.03. The molecule has 0 amide bonds. The average molecular weight is 223 g/mol. The predicted octanol–water partition coefficient (Wildman–Crippen LogP) is 1.68. The fourth-order valence-corrected chi connectivity index (χ4v) is 1.32. The first-order chi connectivity index (χ1) is 7.72. The molecular weight excluding hydrogens is 205 g/mol. The Morgan fingerprint density at radius 3 is 3.00 bits per heavy atom. The predicted molar refractivity (Wildman–Crippen MR) is 64.9 cm³/mol. The van der Waals surface area contributed by atoms with Crippen LogP contribution in [0.1, 0.15) is 18.9 Å². The Hall–Kier alpha value is -1.58. The molecule has 3 N–H and O–H groups in total. The van der Waals surface area contributed by atoms with Gasteiger partial charge in [0.2, 0.25) is 0 Å². The van der Waals surface area contributed by atoms with Crippen LogP contribution in [0.15, 0.2) is 29.3 Å². The van der Waals surface area contributed by atoms with Crippen molar-refractivity contribution in [2.24, 2.45) is 10.7 Å². The summed E-state index contributed by atoms with van der Waals surface area (Å²) >= 11 is 0. The maximum absolute atomic E-state index is 12.9. The number of hydrogen-bond acceptors (Lipinski definition) is 1. The van der Waals surface area contributed by atoms with Gasteiger partial charge in [0, 0.05) is 13.1 Å². The van der Waals surface area contributed by atoms with E-state index in [1.807, 2.05) is 13.0 Å². The second-order valence-electron chi connectivity index (χ2n) is 3.57. The minimum absolute atomic E-state index is 0.204. The quantitative estimate of drug-likeness (QED) is 0.589. The summed E-state index contributed by atoms with van der Waals surface area (Å²) in [5.41, 5.74) is 6.57. The Bertz CT molecular complexity index is 350. The van der Waals surface area contributed by atoms with E-state index in [4.69, 9.17) is 5.73 Å². The maximum atomic E-state index is 12.9. The van der Waals surface area contributed by atoms with Crippen molar-refractivity contribution in [2.75, 3.05) is 13.1 Å². The van der Waals surface area contributed by atoms with Crippen molar-refractivity contribution < 1.29 is 4.39 Å². The van der Waals surface area contributed by atoms with E-state index in [9.17, 15) is 4.39 Å². The molecule has 0 aliphatic rings. The molecule has 0 aliphatic heterocycles. The van der Waals surface area contributed by atoms with E-state index in [1.54, 1.807) is 6.07 Å². The lowest BCUT2D eigenvalue weighted by molar-refractivity contribution is 0.625. The fraction of sp³-hybridized carbons (Fsp3) is 0.417. The first kappa shape index (κ1) is 12.5. The molecule has 0 atom stereocenters. The molecule has 4 heteroatoms. The van der Waals surface area contributed by atoms with Crippen LogP contribution >= 0.6 is 0 Å². The Kier molecular flexibility index (Phi) is 5.32. The highest BCUT2D eigenvalue weighted by Gasteiger charge is 1.95. The van der Waals surface area contributed by atoms with Gasteiger partial charge in [-0.05, 0) is 30.5 Å². The van der Waals surface area contributed by atoms with Crippen LogP contribution in [0, 0.1) is 5.82 Å². The third-order valence-electron chi connectivity index (χ3n) is 2.11. The minimum Gasteiger partial charge on any atom is -0.370 e. The average Bonchev–Trinajstić information content (AvgIpc) is 2.26. The maximum Gasteiger partial charge on any atom is 0.188 e. The molecule has 0 saturated carbocycles. The van der Waals surface area contributed by atoms with Gasteiger partial charge in [-0.1, -0.05) is 19.1 Å². The number of nitrogens with zero attached hydrogens (tertiary/aromatic N) is 1. The van der Waals surface area contributed by atoms with E-state index in [-0.39, 0.29) is 5.82 Å². The van der Waals surface area contributed by atoms with Crippen molar-refractivity contribution in [2.45, 2.75) is 19.8 Å². The fourth-order valence-electron chi connectivity index (χ4n) is 1.32. The summed E-state index contributed by atoms with van der Waals surface area (Å²) in [5.74, 6) is 0.253. The van der Waals surface area contributed by atoms with Crippen LogP contribution in [0.4, 0.5) is 4.39 Å². The lowest BCUT2D eigenvalue weighted by Gasteiger charge is -2.05. The number of nitrogens with one attached hydrogen (secondary N) is 1. The molecule has 0 spiro atoms. The van der Waals surface area contributed by atoms with Crippen LogP contribution in [0.3, 0.4) is 0 Å². The summed E-state index contributed by atoms with van der Waals surface area (Å²) < 4.78 is 12.9. The standard InChI is InChI=1S/C12H18FN3/c1-2-7-15-12(14)16-8-6-10-4-3-5-11(13)9-10/h3-5,9H,2,6-8H2,1H3,(H3,14,15,16). The summed E-state index contributed by atoms with van der Waals surface area (Å²) in [6.45, 7) is 3.45. The molecule has 88 valence electrons. The Morgan fingerprint density at radius 1 is 1.50 bits per heavy atom. The van der Waals surface area contributed by atoms with Gasteiger partial charge in [0.05, 0.1) is 0 Å². The molecule has 0 unspecified atom stereocenters. The van der Waals surface area contributed by atoms with Gasteiger partial charge in [-0.2, -0.15) is 0 Å². The van der Waals surface area contributed by atoms with Gasteiger partial charge in [-0.25, -0.2) is 4.39 Å². The molecule has 0 radical (unpaired) electrons. The van der Waals surface area contributed by atoms with Gasteiger partial charge in [-0.15, -0.1) is 0 Å². The van der Waals surface area contributed by atoms with E-state index < -0.39 is 0 Å². The summed E-state index contributed by atoms with van der Waals surface area (Å²) in [6, 6.07) is 6.57. The summed E-state index contributed by atoms with van der Waals surface area (Å²) in [5, 5.41) is 2.99. The van der Waals surface area contributed by atoms with Crippen molar-refractivity contribution in [1.82, 2.24) is 5.32 Å². The van der Waals surface area contributed by atoms with Crippen LogP contribution in [0.2, 0.25) is 0 Å². The van der Waals surface area contributed by atoms with Gasteiger partial charge < -0.3 is 11.1 Å². The number of hydrogen-bond donors (Lipinski definition) is 2. The van der Waals surface area contributed by atoms with Crippen molar-refractivity contribution >= 4 is 5.96 Å². The second-order valence-corrected chi connectivity index (χ2v) is 3.57. The molecular formula is C12H18FN3. The van der Waals surface area contributed by atoms with Crippen LogP contribution in [-0.4, -0.2) is 19.0 Å². The molecule has 0 saturated heterocycles. The number of guanidine groups is 1. The third kappa shape index (κ3) is 4.77. The summed E-state index contributed by atoms with van der Waals surface area (Å²) in [7, 11) is 0. The van der Waals surface area contributed by atoms with Crippen molar-refractivity contribution in [1.29, 1.82) is 0 Å². The molecule has 1 aromatic rings. The Morgan fingerprint density at radius 2 is 2.31 bits per heavy atom. The Balaban J connectivity index is 2.30. The molecule has 3 nitrogen and oxygen atoms in total. The Labute approximate surface area is 95.6 Å². The summed E-state index contributed by atoms with van der Waals surface area (Å²) in [6.07, 6.45) is 1.71. The molecule has 1 rings (SSSR count). The number of halogens is 1. The number of rotatable bonds is 5. The number of aliphatic imine (C=N–C) groups is 1. The molecule has 0 bridgehead atoms. The molecule has 0 heterocycles. The second kappa shape index (κ2) is 6.82. The molecule has 16 heavy (non-hydrogen) atoms. The topological polar surface area (TPSA) is 50.4 Å². The van der Waals surface area contributed by atoms with Crippen molar-refractivity contribution in [3.05, 3.63) is 35.6 Å². The zero-order chi connectivity index (χ0) is 11.8. The van der Waals surface area contributed by atoms with E-state index in [0.29, 0.717) is 12.5 Å². The smallest absolute Gasteiger partial charge is 0.188 e. The number of benzene rings is 1.